The second-order valence-electron chi connectivity index (χ2n) is 4.09. The van der Waals surface area contributed by atoms with Gasteiger partial charge >= 0.3 is 12.1 Å². The Labute approximate surface area is 108 Å². The van der Waals surface area contributed by atoms with Crippen LogP contribution in [-0.2, 0) is 16.0 Å². The fourth-order valence-corrected chi connectivity index (χ4v) is 1.30. The van der Waals surface area contributed by atoms with Gasteiger partial charge < -0.3 is 9.84 Å². The van der Waals surface area contributed by atoms with Crippen molar-refractivity contribution in [3.63, 3.8) is 0 Å². The first-order chi connectivity index (χ1) is 8.70. The summed E-state index contributed by atoms with van der Waals surface area (Å²) in [7, 11) is 0. The SMILES string of the molecule is C=C(C)C(=O)OC(Cc1ccc(O)cc1)C(F)(F)F. The smallest absolute Gasteiger partial charge is 0.425 e. The minimum Gasteiger partial charge on any atom is -0.508 e. The predicted octanol–water partition coefficient (Wildman–Crippen LogP) is 2.98. The monoisotopic (exact) mass is 274 g/mol. The van der Waals surface area contributed by atoms with E-state index in [1.807, 2.05) is 0 Å². The molecule has 1 aromatic rings. The lowest BCUT2D eigenvalue weighted by Gasteiger charge is -2.20. The molecular weight excluding hydrogens is 261 g/mol. The number of esters is 1. The van der Waals surface area contributed by atoms with Gasteiger partial charge in [-0.25, -0.2) is 4.79 Å². The molecule has 0 saturated carbocycles. The largest absolute Gasteiger partial charge is 0.508 e. The summed E-state index contributed by atoms with van der Waals surface area (Å²) in [6.07, 6.45) is -7.41. The summed E-state index contributed by atoms with van der Waals surface area (Å²) in [5.41, 5.74) is 0.203. The maximum atomic E-state index is 12.8. The van der Waals surface area contributed by atoms with Crippen LogP contribution in [0.25, 0.3) is 0 Å². The molecule has 3 nitrogen and oxygen atoms in total. The van der Waals surface area contributed by atoms with E-state index < -0.39 is 24.7 Å². The minimum absolute atomic E-state index is 0.0498. The number of rotatable bonds is 4. The summed E-state index contributed by atoms with van der Waals surface area (Å²) < 4.78 is 42.6. The van der Waals surface area contributed by atoms with Crippen LogP contribution in [0, 0.1) is 0 Å². The van der Waals surface area contributed by atoms with Gasteiger partial charge in [-0.1, -0.05) is 18.7 Å². The number of ether oxygens (including phenoxy) is 1. The third kappa shape index (κ3) is 4.65. The Morgan fingerprint density at radius 1 is 1.37 bits per heavy atom. The van der Waals surface area contributed by atoms with Crippen LogP contribution in [-0.4, -0.2) is 23.4 Å². The quantitative estimate of drug-likeness (QED) is 0.678. The normalized spacial score (nSPS) is 12.8. The Morgan fingerprint density at radius 3 is 2.32 bits per heavy atom. The zero-order chi connectivity index (χ0) is 14.6. The average molecular weight is 274 g/mol. The first kappa shape index (κ1) is 15.1. The number of aromatic hydroxyl groups is 1. The highest BCUT2D eigenvalue weighted by molar-refractivity contribution is 5.87. The Balaban J connectivity index is 2.84. The number of alkyl halides is 3. The van der Waals surface area contributed by atoms with Gasteiger partial charge in [-0.2, -0.15) is 13.2 Å². The van der Waals surface area contributed by atoms with Gasteiger partial charge in [-0.15, -0.1) is 0 Å². The average Bonchev–Trinajstić information content (AvgIpc) is 2.29. The van der Waals surface area contributed by atoms with Crippen LogP contribution < -0.4 is 0 Å². The van der Waals surface area contributed by atoms with Gasteiger partial charge in [0.15, 0.2) is 0 Å². The first-order valence-corrected chi connectivity index (χ1v) is 5.41. The van der Waals surface area contributed by atoms with Gasteiger partial charge in [0, 0.05) is 12.0 Å². The molecule has 104 valence electrons. The number of hydrogen-bond donors (Lipinski definition) is 1. The van der Waals surface area contributed by atoms with E-state index in [9.17, 15) is 18.0 Å². The molecule has 0 aromatic heterocycles. The number of halogens is 3. The maximum absolute atomic E-state index is 12.8. The van der Waals surface area contributed by atoms with E-state index in [0.717, 1.165) is 0 Å². The van der Waals surface area contributed by atoms with E-state index >= 15 is 0 Å². The summed E-state index contributed by atoms with van der Waals surface area (Å²) in [4.78, 5) is 11.2. The van der Waals surface area contributed by atoms with E-state index in [1.54, 1.807) is 0 Å². The summed E-state index contributed by atoms with van der Waals surface area (Å²) in [6, 6.07) is 5.21. The molecule has 0 radical (unpaired) electrons. The van der Waals surface area contributed by atoms with E-state index in [1.165, 1.54) is 31.2 Å². The van der Waals surface area contributed by atoms with E-state index in [4.69, 9.17) is 5.11 Å². The van der Waals surface area contributed by atoms with Crippen molar-refractivity contribution in [3.05, 3.63) is 42.0 Å². The molecule has 6 heteroatoms. The van der Waals surface area contributed by atoms with E-state index in [-0.39, 0.29) is 11.3 Å². The topological polar surface area (TPSA) is 46.5 Å². The number of benzene rings is 1. The van der Waals surface area contributed by atoms with Gasteiger partial charge in [0.05, 0.1) is 0 Å². The van der Waals surface area contributed by atoms with E-state index in [0.29, 0.717) is 5.56 Å². The lowest BCUT2D eigenvalue weighted by atomic mass is 10.1. The summed E-state index contributed by atoms with van der Waals surface area (Å²) >= 11 is 0. The number of carbonyl (C=O) groups excluding carboxylic acids is 1. The molecule has 19 heavy (non-hydrogen) atoms. The zero-order valence-electron chi connectivity index (χ0n) is 10.2. The van der Waals surface area contributed by atoms with Gasteiger partial charge in [-0.3, -0.25) is 0 Å². The molecular formula is C13H13F3O3. The van der Waals surface area contributed by atoms with Crippen molar-refractivity contribution in [2.45, 2.75) is 25.6 Å². The van der Waals surface area contributed by atoms with Crippen LogP contribution in [0.5, 0.6) is 5.75 Å². The fraction of sp³-hybridized carbons (Fsp3) is 0.308. The number of phenols is 1. The van der Waals surface area contributed by atoms with Crippen LogP contribution in [0.4, 0.5) is 13.2 Å². The van der Waals surface area contributed by atoms with Crippen LogP contribution in [0.3, 0.4) is 0 Å². The van der Waals surface area contributed by atoms with Gasteiger partial charge in [0.2, 0.25) is 6.10 Å². The molecule has 0 bridgehead atoms. The number of carbonyl (C=O) groups is 1. The number of phenolic OH excluding ortho intramolecular Hbond substituents is 1. The van der Waals surface area contributed by atoms with Gasteiger partial charge in [-0.05, 0) is 24.6 Å². The summed E-state index contributed by atoms with van der Waals surface area (Å²) in [6.45, 7) is 4.51. The second kappa shape index (κ2) is 5.77. The van der Waals surface area contributed by atoms with Crippen molar-refractivity contribution in [2.24, 2.45) is 0 Å². The molecule has 0 aliphatic carbocycles. The van der Waals surface area contributed by atoms with Gasteiger partial charge in [0.1, 0.15) is 5.75 Å². The highest BCUT2D eigenvalue weighted by Crippen LogP contribution is 2.27. The molecule has 1 N–H and O–H groups in total. The Bertz CT molecular complexity index is 463. The van der Waals surface area contributed by atoms with E-state index in [2.05, 4.69) is 11.3 Å². The molecule has 0 spiro atoms. The molecule has 1 rings (SSSR count). The Morgan fingerprint density at radius 2 is 1.89 bits per heavy atom. The van der Waals surface area contributed by atoms with Crippen LogP contribution >= 0.6 is 0 Å². The van der Waals surface area contributed by atoms with Crippen molar-refractivity contribution in [2.75, 3.05) is 0 Å². The van der Waals surface area contributed by atoms with Gasteiger partial charge in [0.25, 0.3) is 0 Å². The maximum Gasteiger partial charge on any atom is 0.425 e. The molecule has 0 aliphatic heterocycles. The molecule has 1 aromatic carbocycles. The Kier molecular flexibility index (Phi) is 4.58. The minimum atomic E-state index is -4.66. The third-order valence-corrected chi connectivity index (χ3v) is 2.32. The molecule has 1 atom stereocenters. The van der Waals surface area contributed by atoms with Crippen LogP contribution in [0.1, 0.15) is 12.5 Å². The molecule has 0 aliphatic rings. The fourth-order valence-electron chi connectivity index (χ4n) is 1.30. The summed E-state index contributed by atoms with van der Waals surface area (Å²) in [5, 5.41) is 9.05. The molecule has 0 saturated heterocycles. The van der Waals surface area contributed by atoms with Crippen molar-refractivity contribution < 1.29 is 27.8 Å². The lowest BCUT2D eigenvalue weighted by Crippen LogP contribution is -2.35. The second-order valence-corrected chi connectivity index (χ2v) is 4.09. The van der Waals surface area contributed by atoms with Crippen LogP contribution in [0.2, 0.25) is 0 Å². The summed E-state index contributed by atoms with van der Waals surface area (Å²) in [5.74, 6) is -1.13. The standard InChI is InChI=1S/C13H13F3O3/c1-8(2)12(18)19-11(13(14,15)16)7-9-3-5-10(17)6-4-9/h3-6,11,17H,1,7H2,2H3. The van der Waals surface area contributed by atoms with Crippen LogP contribution in [0.15, 0.2) is 36.4 Å². The van der Waals surface area contributed by atoms with Crippen molar-refractivity contribution in [1.82, 2.24) is 0 Å². The van der Waals surface area contributed by atoms with Crippen molar-refractivity contribution >= 4 is 5.97 Å². The van der Waals surface area contributed by atoms with Crippen molar-refractivity contribution in [3.8, 4) is 5.75 Å². The highest BCUT2D eigenvalue weighted by atomic mass is 19.4. The molecule has 1 unspecified atom stereocenters. The highest BCUT2D eigenvalue weighted by Gasteiger charge is 2.42. The Hall–Kier alpha value is -1.98. The lowest BCUT2D eigenvalue weighted by molar-refractivity contribution is -0.218. The zero-order valence-corrected chi connectivity index (χ0v) is 10.2. The molecule has 0 fully saturated rings. The predicted molar refractivity (Wildman–Crippen MR) is 62.6 cm³/mol. The molecule has 0 heterocycles. The van der Waals surface area contributed by atoms with Crippen molar-refractivity contribution in [1.29, 1.82) is 0 Å². The molecule has 0 amide bonds. The first-order valence-electron chi connectivity index (χ1n) is 5.41. The number of hydrogen-bond acceptors (Lipinski definition) is 3. The third-order valence-electron chi connectivity index (χ3n) is 2.32.